The third-order valence-electron chi connectivity index (χ3n) is 4.76. The van der Waals surface area contributed by atoms with Crippen LogP contribution in [0.25, 0.3) is 0 Å². The molecule has 0 bridgehead atoms. The fraction of sp³-hybridized carbons (Fsp3) is 0.667. The van der Waals surface area contributed by atoms with Gasteiger partial charge in [0.05, 0.1) is 6.10 Å². The van der Waals surface area contributed by atoms with E-state index in [2.05, 4.69) is 31.7 Å². The molecule has 0 aromatic heterocycles. The van der Waals surface area contributed by atoms with Crippen molar-refractivity contribution in [3.8, 4) is 0 Å². The fourth-order valence-electron chi connectivity index (χ4n) is 3.40. The molecule has 0 aromatic rings. The highest BCUT2D eigenvalue weighted by atomic mass is 16.3. The number of carbonyl (C=O) groups is 1. The number of carbonyl (C=O) groups excluding carboxylic acids is 1. The Bertz CT molecular complexity index is 439. The molecule has 1 fully saturated rings. The summed E-state index contributed by atoms with van der Waals surface area (Å²) in [7, 11) is 0. The van der Waals surface area contributed by atoms with E-state index in [1.165, 1.54) is 5.57 Å². The average molecular weight is 334 g/mol. The van der Waals surface area contributed by atoms with Gasteiger partial charge < -0.3 is 10.0 Å². The molecule has 1 aliphatic heterocycles. The lowest BCUT2D eigenvalue weighted by Crippen LogP contribution is -2.35. The zero-order valence-corrected chi connectivity index (χ0v) is 15.5. The van der Waals surface area contributed by atoms with E-state index in [4.69, 9.17) is 0 Å². The summed E-state index contributed by atoms with van der Waals surface area (Å²) in [6, 6.07) is 0.353. The standard InChI is InChI=1S/C21H35NO2/c1-4-7-13-20(23)16-17-22-19(14-15-21(22)24)12-8-11-18(9-5-2)10-6-3/h5-6,9-10,19-20,23H,2,4,7-8,11-17H2,1,3H3/b10-6-,18-9+/t19?,20-/m1/s1. The number of aliphatic hydroxyl groups excluding tert-OH is 1. The maximum atomic E-state index is 12.1. The van der Waals surface area contributed by atoms with E-state index < -0.39 is 0 Å². The van der Waals surface area contributed by atoms with E-state index in [9.17, 15) is 9.90 Å². The highest BCUT2D eigenvalue weighted by molar-refractivity contribution is 5.78. The number of amides is 1. The summed E-state index contributed by atoms with van der Waals surface area (Å²) in [6.07, 6.45) is 16.3. The van der Waals surface area contributed by atoms with Gasteiger partial charge in [-0.3, -0.25) is 4.79 Å². The first-order chi connectivity index (χ1) is 11.6. The minimum absolute atomic E-state index is 0.262. The Kier molecular flexibility index (Phi) is 10.4. The van der Waals surface area contributed by atoms with Crippen molar-refractivity contribution in [3.63, 3.8) is 0 Å². The largest absolute Gasteiger partial charge is 0.393 e. The van der Waals surface area contributed by atoms with E-state index >= 15 is 0 Å². The molecule has 136 valence electrons. The molecule has 1 unspecified atom stereocenters. The number of allylic oxidation sites excluding steroid dienone is 5. The fourth-order valence-corrected chi connectivity index (χ4v) is 3.40. The zero-order chi connectivity index (χ0) is 17.8. The third kappa shape index (κ3) is 7.48. The molecule has 3 nitrogen and oxygen atoms in total. The molecule has 0 saturated carbocycles. The monoisotopic (exact) mass is 333 g/mol. The first-order valence-corrected chi connectivity index (χ1v) is 9.54. The van der Waals surface area contributed by atoms with Gasteiger partial charge in [0.15, 0.2) is 0 Å². The third-order valence-corrected chi connectivity index (χ3v) is 4.76. The molecule has 0 aliphatic carbocycles. The summed E-state index contributed by atoms with van der Waals surface area (Å²) < 4.78 is 0. The van der Waals surface area contributed by atoms with Crippen molar-refractivity contribution >= 4 is 5.91 Å². The minimum Gasteiger partial charge on any atom is -0.393 e. The predicted octanol–water partition coefficient (Wildman–Crippen LogP) is 4.78. The van der Waals surface area contributed by atoms with Crippen LogP contribution in [-0.4, -0.2) is 34.6 Å². The normalized spacial score (nSPS) is 20.1. The number of rotatable bonds is 12. The Labute approximate surface area is 148 Å². The summed E-state index contributed by atoms with van der Waals surface area (Å²) in [5.41, 5.74) is 1.29. The first kappa shape index (κ1) is 20.7. The molecule has 1 heterocycles. The van der Waals surface area contributed by atoms with Gasteiger partial charge in [-0.1, -0.05) is 50.6 Å². The maximum Gasteiger partial charge on any atom is 0.222 e. The highest BCUT2D eigenvalue weighted by Crippen LogP contribution is 2.25. The van der Waals surface area contributed by atoms with Crippen molar-refractivity contribution in [2.45, 2.75) is 83.8 Å². The van der Waals surface area contributed by atoms with Crippen molar-refractivity contribution in [1.29, 1.82) is 0 Å². The molecule has 0 radical (unpaired) electrons. The Balaban J connectivity index is 2.41. The van der Waals surface area contributed by atoms with E-state index in [1.54, 1.807) is 0 Å². The van der Waals surface area contributed by atoms with Crippen LogP contribution in [0, 0.1) is 0 Å². The number of likely N-dealkylation sites (tertiary alicyclic amines) is 1. The van der Waals surface area contributed by atoms with Crippen molar-refractivity contribution in [3.05, 3.63) is 36.5 Å². The molecule has 1 rings (SSSR count). The summed E-state index contributed by atoms with van der Waals surface area (Å²) in [6.45, 7) is 8.63. The van der Waals surface area contributed by atoms with E-state index in [-0.39, 0.29) is 12.0 Å². The first-order valence-electron chi connectivity index (χ1n) is 9.54. The number of aliphatic hydroxyl groups is 1. The molecule has 1 saturated heterocycles. The minimum atomic E-state index is -0.268. The Morgan fingerprint density at radius 1 is 1.42 bits per heavy atom. The lowest BCUT2D eigenvalue weighted by atomic mass is 10.0. The molecule has 3 heteroatoms. The maximum absolute atomic E-state index is 12.1. The van der Waals surface area contributed by atoms with Gasteiger partial charge in [0, 0.05) is 19.0 Å². The molecule has 1 amide bonds. The zero-order valence-electron chi connectivity index (χ0n) is 15.5. The topological polar surface area (TPSA) is 40.5 Å². The molecular formula is C21H35NO2. The van der Waals surface area contributed by atoms with Gasteiger partial charge in [-0.2, -0.15) is 0 Å². The Hall–Kier alpha value is -1.35. The second-order valence-corrected chi connectivity index (χ2v) is 6.73. The van der Waals surface area contributed by atoms with Crippen LogP contribution in [0.2, 0.25) is 0 Å². The summed E-state index contributed by atoms with van der Waals surface area (Å²) in [5, 5.41) is 10.0. The van der Waals surface area contributed by atoms with Crippen LogP contribution in [0.1, 0.15) is 71.6 Å². The quantitative estimate of drug-likeness (QED) is 0.522. The van der Waals surface area contributed by atoms with E-state index in [0.717, 1.165) is 44.9 Å². The SMILES string of the molecule is C=C/C=C(\C=C/C)CCCC1CCC(=O)N1CC[C@H](O)CCCC. The second-order valence-electron chi connectivity index (χ2n) is 6.73. The van der Waals surface area contributed by atoms with Gasteiger partial charge in [-0.25, -0.2) is 0 Å². The number of hydrogen-bond acceptors (Lipinski definition) is 2. The van der Waals surface area contributed by atoms with Gasteiger partial charge >= 0.3 is 0 Å². The van der Waals surface area contributed by atoms with Gasteiger partial charge in [-0.05, 0) is 51.0 Å². The lowest BCUT2D eigenvalue weighted by molar-refractivity contribution is -0.129. The number of nitrogens with zero attached hydrogens (tertiary/aromatic N) is 1. The molecule has 1 aliphatic rings. The van der Waals surface area contributed by atoms with E-state index in [0.29, 0.717) is 25.4 Å². The van der Waals surface area contributed by atoms with Gasteiger partial charge in [-0.15, -0.1) is 0 Å². The average Bonchev–Trinajstić information content (AvgIpc) is 2.91. The molecule has 1 N–H and O–H groups in total. The van der Waals surface area contributed by atoms with Crippen LogP contribution in [0.15, 0.2) is 36.5 Å². The van der Waals surface area contributed by atoms with Gasteiger partial charge in [0.25, 0.3) is 0 Å². The van der Waals surface area contributed by atoms with Crippen molar-refractivity contribution in [2.75, 3.05) is 6.54 Å². The Morgan fingerprint density at radius 3 is 2.88 bits per heavy atom. The lowest BCUT2D eigenvalue weighted by Gasteiger charge is -2.26. The van der Waals surface area contributed by atoms with Crippen LogP contribution in [0.5, 0.6) is 0 Å². The van der Waals surface area contributed by atoms with E-state index in [1.807, 2.05) is 17.9 Å². The van der Waals surface area contributed by atoms with Crippen molar-refractivity contribution in [1.82, 2.24) is 4.90 Å². The molecular weight excluding hydrogens is 298 g/mol. The number of unbranched alkanes of at least 4 members (excludes halogenated alkanes) is 1. The summed E-state index contributed by atoms with van der Waals surface area (Å²) >= 11 is 0. The van der Waals surface area contributed by atoms with Gasteiger partial charge in [0.2, 0.25) is 5.91 Å². The second kappa shape index (κ2) is 12.1. The van der Waals surface area contributed by atoms with Crippen LogP contribution < -0.4 is 0 Å². The van der Waals surface area contributed by atoms with Gasteiger partial charge in [0.1, 0.15) is 0 Å². The van der Waals surface area contributed by atoms with Crippen molar-refractivity contribution < 1.29 is 9.90 Å². The Morgan fingerprint density at radius 2 is 2.21 bits per heavy atom. The number of hydrogen-bond donors (Lipinski definition) is 1. The van der Waals surface area contributed by atoms with Crippen LogP contribution in [0.4, 0.5) is 0 Å². The van der Waals surface area contributed by atoms with Crippen LogP contribution in [0.3, 0.4) is 0 Å². The molecule has 0 aromatic carbocycles. The smallest absolute Gasteiger partial charge is 0.222 e. The predicted molar refractivity (Wildman–Crippen MR) is 102 cm³/mol. The highest BCUT2D eigenvalue weighted by Gasteiger charge is 2.30. The molecule has 0 spiro atoms. The van der Waals surface area contributed by atoms with Crippen LogP contribution in [-0.2, 0) is 4.79 Å². The molecule has 2 atom stereocenters. The summed E-state index contributed by atoms with van der Waals surface area (Å²) in [4.78, 5) is 14.1. The van der Waals surface area contributed by atoms with Crippen molar-refractivity contribution in [2.24, 2.45) is 0 Å². The van der Waals surface area contributed by atoms with Crippen LogP contribution >= 0.6 is 0 Å². The summed E-state index contributed by atoms with van der Waals surface area (Å²) in [5.74, 6) is 0.262. The molecule has 24 heavy (non-hydrogen) atoms.